The Morgan fingerprint density at radius 1 is 1.50 bits per heavy atom. The molecule has 3 nitrogen and oxygen atoms in total. The standard InChI is InChI=1S/C12H15BrNO2PS/c1-3-16-17(2,15)8-18-12-7-14-11-5-4-9(13)6-10(11)12/h4-7,14H,3,8H2,1-2H3. The fourth-order valence-electron chi connectivity index (χ4n) is 1.68. The Bertz CT molecular complexity index is 599. The molecule has 1 atom stereocenters. The van der Waals surface area contributed by atoms with Crippen LogP contribution in [-0.2, 0) is 9.09 Å². The molecule has 0 aliphatic carbocycles. The van der Waals surface area contributed by atoms with E-state index in [1.54, 1.807) is 18.4 Å². The molecular formula is C12H15BrNO2PS. The Kier molecular flexibility index (Phi) is 4.59. The molecule has 1 aromatic carbocycles. The first-order valence-electron chi connectivity index (χ1n) is 5.62. The molecule has 6 heteroatoms. The second-order valence-electron chi connectivity index (χ2n) is 4.05. The second kappa shape index (κ2) is 5.83. The fraction of sp³-hybridized carbons (Fsp3) is 0.333. The first kappa shape index (κ1) is 14.2. The summed E-state index contributed by atoms with van der Waals surface area (Å²) < 4.78 is 18.4. The van der Waals surface area contributed by atoms with Crippen LogP contribution in [0.3, 0.4) is 0 Å². The molecule has 18 heavy (non-hydrogen) atoms. The molecule has 0 radical (unpaired) electrons. The molecule has 0 aliphatic rings. The van der Waals surface area contributed by atoms with Crippen LogP contribution in [0.5, 0.6) is 0 Å². The van der Waals surface area contributed by atoms with E-state index in [1.807, 2.05) is 25.3 Å². The largest absolute Gasteiger partial charge is 0.360 e. The summed E-state index contributed by atoms with van der Waals surface area (Å²) in [6.07, 6.45) is 1.95. The Hall–Kier alpha value is -0.220. The Morgan fingerprint density at radius 2 is 2.28 bits per heavy atom. The average Bonchev–Trinajstić information content (AvgIpc) is 2.69. The maximum absolute atomic E-state index is 12.0. The van der Waals surface area contributed by atoms with Crippen LogP contribution in [0.25, 0.3) is 10.9 Å². The number of aromatic amines is 1. The molecular weight excluding hydrogens is 333 g/mol. The van der Waals surface area contributed by atoms with Gasteiger partial charge in [-0.25, -0.2) is 0 Å². The van der Waals surface area contributed by atoms with Crippen molar-refractivity contribution in [3.8, 4) is 0 Å². The highest BCUT2D eigenvalue weighted by Crippen LogP contribution is 2.48. The number of thioether (sulfide) groups is 1. The summed E-state index contributed by atoms with van der Waals surface area (Å²) in [7, 11) is -2.49. The number of nitrogens with one attached hydrogen (secondary N) is 1. The van der Waals surface area contributed by atoms with E-state index in [2.05, 4.69) is 27.0 Å². The van der Waals surface area contributed by atoms with Crippen molar-refractivity contribution >= 4 is 46.0 Å². The zero-order valence-corrected chi connectivity index (χ0v) is 13.6. The van der Waals surface area contributed by atoms with Gasteiger partial charge in [0.1, 0.15) is 0 Å². The van der Waals surface area contributed by atoms with Crippen molar-refractivity contribution in [3.63, 3.8) is 0 Å². The van der Waals surface area contributed by atoms with Crippen LogP contribution in [0.15, 0.2) is 33.8 Å². The lowest BCUT2D eigenvalue weighted by molar-refractivity contribution is 0.340. The summed E-state index contributed by atoms with van der Waals surface area (Å²) in [5, 5.41) is 1.14. The highest BCUT2D eigenvalue weighted by molar-refractivity contribution is 9.10. The van der Waals surface area contributed by atoms with E-state index in [0.29, 0.717) is 12.1 Å². The number of hydrogen-bond donors (Lipinski definition) is 1. The normalized spacial score (nSPS) is 14.8. The van der Waals surface area contributed by atoms with Gasteiger partial charge in [0.05, 0.1) is 12.1 Å². The van der Waals surface area contributed by atoms with Crippen LogP contribution in [-0.4, -0.2) is 23.7 Å². The predicted molar refractivity (Wildman–Crippen MR) is 81.9 cm³/mol. The highest BCUT2D eigenvalue weighted by atomic mass is 79.9. The zero-order valence-electron chi connectivity index (χ0n) is 10.3. The van der Waals surface area contributed by atoms with E-state index in [-0.39, 0.29) is 0 Å². The summed E-state index contributed by atoms with van der Waals surface area (Å²) in [6, 6.07) is 6.09. The van der Waals surface area contributed by atoms with Crippen molar-refractivity contribution in [2.75, 3.05) is 18.8 Å². The minimum absolute atomic E-state index is 0.494. The smallest absolute Gasteiger partial charge is 0.210 e. The van der Waals surface area contributed by atoms with Gasteiger partial charge in [-0.3, -0.25) is 4.57 Å². The molecule has 1 unspecified atom stereocenters. The van der Waals surface area contributed by atoms with Crippen molar-refractivity contribution in [2.45, 2.75) is 11.8 Å². The Balaban J connectivity index is 2.17. The third kappa shape index (κ3) is 3.41. The van der Waals surface area contributed by atoms with Crippen molar-refractivity contribution in [1.82, 2.24) is 4.98 Å². The molecule has 2 aromatic rings. The van der Waals surface area contributed by atoms with Gasteiger partial charge in [0.2, 0.25) is 7.37 Å². The fourth-order valence-corrected chi connectivity index (χ4v) is 4.85. The Morgan fingerprint density at radius 3 is 3.00 bits per heavy atom. The van der Waals surface area contributed by atoms with Gasteiger partial charge in [0, 0.05) is 33.1 Å². The summed E-state index contributed by atoms with van der Waals surface area (Å²) in [5.74, 6) is 0. The number of hydrogen-bond acceptors (Lipinski definition) is 3. The van der Waals surface area contributed by atoms with E-state index in [0.717, 1.165) is 20.3 Å². The maximum Gasteiger partial charge on any atom is 0.210 e. The minimum Gasteiger partial charge on any atom is -0.360 e. The summed E-state index contributed by atoms with van der Waals surface area (Å²) in [5.41, 5.74) is 1.59. The van der Waals surface area contributed by atoms with Gasteiger partial charge in [-0.2, -0.15) is 0 Å². The van der Waals surface area contributed by atoms with Crippen molar-refractivity contribution in [3.05, 3.63) is 28.9 Å². The first-order valence-corrected chi connectivity index (χ1v) is 9.66. The van der Waals surface area contributed by atoms with Gasteiger partial charge in [-0.1, -0.05) is 15.9 Å². The molecule has 2 rings (SSSR count). The van der Waals surface area contributed by atoms with Crippen LogP contribution in [0.1, 0.15) is 6.92 Å². The van der Waals surface area contributed by atoms with E-state index in [9.17, 15) is 4.57 Å². The van der Waals surface area contributed by atoms with Crippen molar-refractivity contribution in [2.24, 2.45) is 0 Å². The van der Waals surface area contributed by atoms with Gasteiger partial charge in [-0.05, 0) is 25.1 Å². The molecule has 0 saturated carbocycles. The van der Waals surface area contributed by atoms with Crippen molar-refractivity contribution < 1.29 is 9.09 Å². The number of halogens is 1. The molecule has 1 N–H and O–H groups in total. The molecule has 98 valence electrons. The average molecular weight is 348 g/mol. The second-order valence-corrected chi connectivity index (χ2v) is 9.01. The molecule has 0 bridgehead atoms. The molecule has 1 heterocycles. The molecule has 0 amide bonds. The third-order valence-electron chi connectivity index (χ3n) is 2.46. The summed E-state index contributed by atoms with van der Waals surface area (Å²) in [6.45, 7) is 4.05. The topological polar surface area (TPSA) is 42.1 Å². The van der Waals surface area contributed by atoms with Crippen LogP contribution >= 0.6 is 35.1 Å². The highest BCUT2D eigenvalue weighted by Gasteiger charge is 2.16. The summed E-state index contributed by atoms with van der Waals surface area (Å²) in [4.78, 5) is 4.32. The SMILES string of the molecule is CCOP(C)(=O)CSc1c[nH]c2ccc(Br)cc12. The van der Waals surface area contributed by atoms with Crippen LogP contribution in [0.4, 0.5) is 0 Å². The number of rotatable bonds is 5. The first-order chi connectivity index (χ1) is 8.52. The molecule has 0 spiro atoms. The maximum atomic E-state index is 12.0. The zero-order chi connectivity index (χ0) is 13.2. The van der Waals surface area contributed by atoms with Gasteiger partial charge in [-0.15, -0.1) is 11.8 Å². The van der Waals surface area contributed by atoms with E-state index >= 15 is 0 Å². The van der Waals surface area contributed by atoms with E-state index in [4.69, 9.17) is 4.52 Å². The molecule has 0 fully saturated rings. The number of aromatic nitrogens is 1. The number of H-pyrrole nitrogens is 1. The monoisotopic (exact) mass is 347 g/mol. The van der Waals surface area contributed by atoms with Crippen LogP contribution in [0, 0.1) is 0 Å². The number of benzene rings is 1. The van der Waals surface area contributed by atoms with Crippen molar-refractivity contribution in [1.29, 1.82) is 0 Å². The summed E-state index contributed by atoms with van der Waals surface area (Å²) >= 11 is 5.04. The van der Waals surface area contributed by atoms with Crippen LogP contribution < -0.4 is 0 Å². The molecule has 0 saturated heterocycles. The third-order valence-corrected chi connectivity index (χ3v) is 6.80. The number of fused-ring (bicyclic) bond motifs is 1. The van der Waals surface area contributed by atoms with Gasteiger partial charge in [0.25, 0.3) is 0 Å². The molecule has 1 aromatic heterocycles. The lowest BCUT2D eigenvalue weighted by atomic mass is 10.2. The van der Waals surface area contributed by atoms with E-state index in [1.165, 1.54) is 0 Å². The lowest BCUT2D eigenvalue weighted by Gasteiger charge is -2.11. The molecule has 0 aliphatic heterocycles. The lowest BCUT2D eigenvalue weighted by Crippen LogP contribution is -1.90. The van der Waals surface area contributed by atoms with Crippen LogP contribution in [0.2, 0.25) is 0 Å². The van der Waals surface area contributed by atoms with Gasteiger partial charge < -0.3 is 9.51 Å². The minimum atomic E-state index is -2.49. The predicted octanol–water partition coefficient (Wildman–Crippen LogP) is 4.92. The van der Waals surface area contributed by atoms with Gasteiger partial charge in [0.15, 0.2) is 0 Å². The van der Waals surface area contributed by atoms with Gasteiger partial charge >= 0.3 is 0 Å². The Labute approximate surface area is 119 Å². The van der Waals surface area contributed by atoms with E-state index < -0.39 is 7.37 Å². The quantitative estimate of drug-likeness (QED) is 0.616.